The first kappa shape index (κ1) is 24.7. The molecule has 4 rings (SSSR count). The summed E-state index contributed by atoms with van der Waals surface area (Å²) in [5.41, 5.74) is 6.72. The van der Waals surface area contributed by atoms with Crippen LogP contribution in [0.25, 0.3) is 0 Å². The molecule has 0 aromatic rings. The van der Waals surface area contributed by atoms with Gasteiger partial charge in [0.2, 0.25) is 10.0 Å². The van der Waals surface area contributed by atoms with Gasteiger partial charge in [0.15, 0.2) is 5.79 Å². The van der Waals surface area contributed by atoms with Crippen LogP contribution in [0.3, 0.4) is 0 Å². The Labute approximate surface area is 193 Å². The highest BCUT2D eigenvalue weighted by atomic mass is 32.2. The molecule has 3 heterocycles. The SMILES string of the molecule is CCO[C@](C)(OC)C1CCNC(N2CC(S(=O)(=O)NC3CCCC4CNN(C)C43)CN2)C1. The van der Waals surface area contributed by atoms with Gasteiger partial charge in [-0.2, -0.15) is 0 Å². The molecular weight excluding hydrogens is 432 g/mol. The number of rotatable bonds is 8. The van der Waals surface area contributed by atoms with Crippen molar-refractivity contribution in [3.8, 4) is 0 Å². The van der Waals surface area contributed by atoms with Gasteiger partial charge in [-0.25, -0.2) is 23.2 Å². The fraction of sp³-hybridized carbons (Fsp3) is 1.00. The molecule has 0 aromatic carbocycles. The van der Waals surface area contributed by atoms with Gasteiger partial charge in [-0.1, -0.05) is 6.42 Å². The summed E-state index contributed by atoms with van der Waals surface area (Å²) in [5, 5.41) is 7.24. The van der Waals surface area contributed by atoms with Gasteiger partial charge in [-0.05, 0) is 52.0 Å². The van der Waals surface area contributed by atoms with Crippen molar-refractivity contribution < 1.29 is 17.9 Å². The van der Waals surface area contributed by atoms with Crippen LogP contribution in [0, 0.1) is 11.8 Å². The minimum absolute atomic E-state index is 0.0291. The van der Waals surface area contributed by atoms with Crippen molar-refractivity contribution in [3.05, 3.63) is 0 Å². The van der Waals surface area contributed by atoms with Crippen LogP contribution < -0.4 is 20.9 Å². The monoisotopic (exact) mass is 474 g/mol. The van der Waals surface area contributed by atoms with Crippen LogP contribution in [-0.2, 0) is 19.5 Å². The van der Waals surface area contributed by atoms with Crippen molar-refractivity contribution in [1.82, 2.24) is 30.9 Å². The first-order valence-electron chi connectivity index (χ1n) is 12.2. The van der Waals surface area contributed by atoms with Crippen LogP contribution in [0.4, 0.5) is 0 Å². The van der Waals surface area contributed by atoms with Gasteiger partial charge < -0.3 is 14.8 Å². The van der Waals surface area contributed by atoms with E-state index in [9.17, 15) is 8.42 Å². The van der Waals surface area contributed by atoms with Gasteiger partial charge >= 0.3 is 0 Å². The number of piperidine rings is 1. The Morgan fingerprint density at radius 2 is 2.00 bits per heavy atom. The zero-order valence-electron chi connectivity index (χ0n) is 20.0. The number of nitrogens with zero attached hydrogens (tertiary/aromatic N) is 2. The quantitative estimate of drug-likeness (QED) is 0.356. The lowest BCUT2D eigenvalue weighted by Crippen LogP contribution is -2.57. The molecular formula is C21H42N6O4S. The van der Waals surface area contributed by atoms with Crippen LogP contribution in [0.5, 0.6) is 0 Å². The lowest BCUT2D eigenvalue weighted by Gasteiger charge is -2.43. The van der Waals surface area contributed by atoms with Gasteiger partial charge in [0.1, 0.15) is 5.25 Å². The maximum Gasteiger partial charge on any atom is 0.217 e. The number of fused-ring (bicyclic) bond motifs is 1. The molecule has 1 saturated carbocycles. The van der Waals surface area contributed by atoms with Crippen LogP contribution in [0.15, 0.2) is 0 Å². The number of nitrogens with one attached hydrogen (secondary N) is 4. The third-order valence-electron chi connectivity index (χ3n) is 8.05. The third kappa shape index (κ3) is 5.01. The molecule has 11 heteroatoms. The molecule has 6 unspecified atom stereocenters. The highest BCUT2D eigenvalue weighted by Gasteiger charge is 2.45. The number of methoxy groups -OCH3 is 1. The van der Waals surface area contributed by atoms with E-state index in [-0.39, 0.29) is 24.2 Å². The average molecular weight is 475 g/mol. The Kier molecular flexibility index (Phi) is 7.80. The molecule has 0 bridgehead atoms. The molecule has 7 atom stereocenters. The zero-order chi connectivity index (χ0) is 22.9. The van der Waals surface area contributed by atoms with E-state index in [2.05, 4.69) is 30.9 Å². The summed E-state index contributed by atoms with van der Waals surface area (Å²) >= 11 is 0. The number of hydrogen-bond donors (Lipinski definition) is 4. The Bertz CT molecular complexity index is 740. The molecule has 4 N–H and O–H groups in total. The number of hydrazine groups is 2. The second-order valence-corrected chi connectivity index (χ2v) is 11.9. The minimum Gasteiger partial charge on any atom is -0.353 e. The molecule has 10 nitrogen and oxygen atoms in total. The van der Waals surface area contributed by atoms with Crippen LogP contribution >= 0.6 is 0 Å². The van der Waals surface area contributed by atoms with Crippen molar-refractivity contribution in [1.29, 1.82) is 0 Å². The molecule has 0 amide bonds. The number of hydrogen-bond acceptors (Lipinski definition) is 9. The van der Waals surface area contributed by atoms with Gasteiger partial charge in [-0.15, -0.1) is 0 Å². The lowest BCUT2D eigenvalue weighted by atomic mass is 9.82. The molecule has 0 radical (unpaired) electrons. The van der Waals surface area contributed by atoms with Crippen molar-refractivity contribution in [2.24, 2.45) is 11.8 Å². The highest BCUT2D eigenvalue weighted by molar-refractivity contribution is 7.90. The summed E-state index contributed by atoms with van der Waals surface area (Å²) in [5.74, 6) is 0.128. The van der Waals surface area contributed by atoms with E-state index >= 15 is 0 Å². The number of ether oxygens (including phenoxy) is 2. The highest BCUT2D eigenvalue weighted by Crippen LogP contribution is 2.34. The van der Waals surface area contributed by atoms with E-state index in [4.69, 9.17) is 9.47 Å². The Balaban J connectivity index is 1.36. The summed E-state index contributed by atoms with van der Waals surface area (Å²) in [6, 6.07) is 0.202. The molecule has 3 aliphatic heterocycles. The molecule has 1 aliphatic carbocycles. The van der Waals surface area contributed by atoms with Crippen LogP contribution in [0.1, 0.15) is 46.0 Å². The van der Waals surface area contributed by atoms with Gasteiger partial charge in [0.05, 0.1) is 6.17 Å². The van der Waals surface area contributed by atoms with E-state index in [1.165, 1.54) is 0 Å². The van der Waals surface area contributed by atoms with Crippen molar-refractivity contribution in [2.45, 2.75) is 75.2 Å². The normalized spacial score (nSPS) is 39.1. The Hall–Kier alpha value is -0.370. The average Bonchev–Trinajstić information content (AvgIpc) is 3.42. The fourth-order valence-electron chi connectivity index (χ4n) is 6.13. The van der Waals surface area contributed by atoms with Gasteiger partial charge in [0.25, 0.3) is 0 Å². The summed E-state index contributed by atoms with van der Waals surface area (Å²) in [6.07, 6.45) is 4.98. The molecule has 0 aromatic heterocycles. The summed E-state index contributed by atoms with van der Waals surface area (Å²) in [6.45, 7) is 7.26. The minimum atomic E-state index is -3.43. The molecule has 32 heavy (non-hydrogen) atoms. The van der Waals surface area contributed by atoms with Crippen molar-refractivity contribution in [3.63, 3.8) is 0 Å². The van der Waals surface area contributed by atoms with Crippen molar-refractivity contribution in [2.75, 3.05) is 46.9 Å². The van der Waals surface area contributed by atoms with E-state index in [0.29, 0.717) is 25.6 Å². The number of sulfonamides is 1. The predicted molar refractivity (Wildman–Crippen MR) is 123 cm³/mol. The third-order valence-corrected chi connectivity index (χ3v) is 9.87. The lowest BCUT2D eigenvalue weighted by molar-refractivity contribution is -0.247. The maximum atomic E-state index is 13.3. The zero-order valence-corrected chi connectivity index (χ0v) is 20.8. The first-order chi connectivity index (χ1) is 15.3. The molecule has 4 aliphatic rings. The Morgan fingerprint density at radius 3 is 2.75 bits per heavy atom. The second kappa shape index (κ2) is 10.1. The molecule has 0 spiro atoms. The van der Waals surface area contributed by atoms with E-state index in [1.807, 2.05) is 20.9 Å². The Morgan fingerprint density at radius 1 is 1.19 bits per heavy atom. The van der Waals surface area contributed by atoms with Crippen molar-refractivity contribution >= 4 is 10.0 Å². The summed E-state index contributed by atoms with van der Waals surface area (Å²) < 4.78 is 41.3. The molecule has 3 saturated heterocycles. The van der Waals surface area contributed by atoms with Gasteiger partial charge in [0, 0.05) is 58.4 Å². The molecule has 186 valence electrons. The number of likely N-dealkylation sites (N-methyl/N-ethyl adjacent to an activating group) is 1. The smallest absolute Gasteiger partial charge is 0.217 e. The maximum absolute atomic E-state index is 13.3. The topological polar surface area (TPSA) is 107 Å². The standard InChI is InChI=1S/C21H42N6O4S/c1-5-31-21(2,30-4)16-9-10-22-19(11-16)27-14-17(13-24-27)32(28,29)25-18-8-6-7-15-12-23-26(3)20(15)18/h15-20,22-25H,5-14H2,1-4H3/t15?,16?,17?,18?,19?,20?,21-/m0/s1. The second-order valence-electron chi connectivity index (χ2n) is 9.90. The summed E-state index contributed by atoms with van der Waals surface area (Å²) in [4.78, 5) is 0. The largest absolute Gasteiger partial charge is 0.353 e. The van der Waals surface area contributed by atoms with E-state index in [0.717, 1.165) is 45.2 Å². The van der Waals surface area contributed by atoms with E-state index in [1.54, 1.807) is 7.11 Å². The summed E-state index contributed by atoms with van der Waals surface area (Å²) in [7, 11) is 0.287. The fourth-order valence-corrected chi connectivity index (χ4v) is 7.66. The first-order valence-corrected chi connectivity index (χ1v) is 13.7. The van der Waals surface area contributed by atoms with Crippen LogP contribution in [0.2, 0.25) is 0 Å². The molecule has 4 fully saturated rings. The van der Waals surface area contributed by atoms with Crippen LogP contribution in [-0.4, -0.2) is 94.7 Å². The predicted octanol–water partition coefficient (Wildman–Crippen LogP) is -0.193. The van der Waals surface area contributed by atoms with E-state index < -0.39 is 21.1 Å². The van der Waals surface area contributed by atoms with Gasteiger partial charge in [-0.3, -0.25) is 10.9 Å².